The fraction of sp³-hybridized carbons (Fsp3) is 0.800. The summed E-state index contributed by atoms with van der Waals surface area (Å²) in [6.45, 7) is 6.61. The van der Waals surface area contributed by atoms with E-state index in [1.54, 1.807) is 0 Å². The molecule has 2 aliphatic rings. The van der Waals surface area contributed by atoms with Gasteiger partial charge in [0.1, 0.15) is 0 Å². The second-order valence-electron chi connectivity index (χ2n) is 5.43. The van der Waals surface area contributed by atoms with E-state index in [4.69, 9.17) is 11.2 Å². The van der Waals surface area contributed by atoms with Gasteiger partial charge in [-0.25, -0.2) is 0 Å². The Morgan fingerprint density at radius 2 is 1.95 bits per heavy atom. The molecule has 20 heavy (non-hydrogen) atoms. The Hall–Kier alpha value is -1.09. The highest BCUT2D eigenvalue weighted by Crippen LogP contribution is 2.09. The van der Waals surface area contributed by atoms with Crippen molar-refractivity contribution in [2.24, 2.45) is 0 Å². The molecule has 2 fully saturated rings. The van der Waals surface area contributed by atoms with Gasteiger partial charge in [-0.05, 0) is 25.9 Å². The molecule has 0 aromatic carbocycles. The molecule has 0 atom stereocenters. The van der Waals surface area contributed by atoms with Gasteiger partial charge in [-0.3, -0.25) is 9.69 Å². The van der Waals surface area contributed by atoms with Crippen LogP contribution < -0.4 is 5.32 Å². The van der Waals surface area contributed by atoms with Crippen molar-refractivity contribution in [1.29, 1.82) is 0 Å². The van der Waals surface area contributed by atoms with Gasteiger partial charge < -0.3 is 15.0 Å². The van der Waals surface area contributed by atoms with Gasteiger partial charge in [0.25, 0.3) is 0 Å². The average molecular weight is 279 g/mol. The second kappa shape index (κ2) is 8.25. The fourth-order valence-electron chi connectivity index (χ4n) is 2.72. The number of carbonyl (C=O) groups is 1. The molecule has 2 aliphatic heterocycles. The van der Waals surface area contributed by atoms with Crippen molar-refractivity contribution in [2.45, 2.75) is 25.4 Å². The smallest absolute Gasteiger partial charge is 0.224 e. The van der Waals surface area contributed by atoms with Crippen molar-refractivity contribution >= 4 is 5.91 Å². The van der Waals surface area contributed by atoms with Crippen LogP contribution in [-0.2, 0) is 9.53 Å². The molecule has 0 aliphatic carbocycles. The van der Waals surface area contributed by atoms with Crippen LogP contribution in [-0.4, -0.2) is 74.2 Å². The van der Waals surface area contributed by atoms with E-state index >= 15 is 0 Å². The van der Waals surface area contributed by atoms with E-state index in [2.05, 4.69) is 16.1 Å². The molecule has 1 N–H and O–H groups in total. The second-order valence-corrected chi connectivity index (χ2v) is 5.43. The quantitative estimate of drug-likeness (QED) is 0.715. The van der Waals surface area contributed by atoms with Crippen molar-refractivity contribution in [1.82, 2.24) is 15.1 Å². The highest BCUT2D eigenvalue weighted by molar-refractivity contribution is 5.76. The summed E-state index contributed by atoms with van der Waals surface area (Å²) in [5.41, 5.74) is 0. The Morgan fingerprint density at radius 3 is 2.60 bits per heavy atom. The molecule has 5 nitrogen and oxygen atoms in total. The summed E-state index contributed by atoms with van der Waals surface area (Å²) in [5, 5.41) is 3.31. The summed E-state index contributed by atoms with van der Waals surface area (Å²) in [5.74, 6) is 2.86. The van der Waals surface area contributed by atoms with E-state index in [0.29, 0.717) is 25.7 Å². The van der Waals surface area contributed by atoms with E-state index < -0.39 is 0 Å². The molecule has 0 radical (unpaired) electrons. The lowest BCUT2D eigenvalue weighted by Crippen LogP contribution is -2.48. The van der Waals surface area contributed by atoms with Crippen LogP contribution in [0, 0.1) is 12.3 Å². The van der Waals surface area contributed by atoms with Crippen molar-refractivity contribution in [3.63, 3.8) is 0 Å². The first-order valence-corrected chi connectivity index (χ1v) is 7.55. The van der Waals surface area contributed by atoms with Crippen LogP contribution in [0.25, 0.3) is 0 Å². The van der Waals surface area contributed by atoms with E-state index in [1.807, 2.05) is 4.90 Å². The molecule has 1 amide bonds. The molecule has 0 bridgehead atoms. The van der Waals surface area contributed by atoms with E-state index in [1.165, 1.54) is 0 Å². The number of rotatable bonds is 5. The first kappa shape index (κ1) is 15.3. The third-order valence-corrected chi connectivity index (χ3v) is 4.00. The zero-order valence-electron chi connectivity index (χ0n) is 12.1. The first-order valence-electron chi connectivity index (χ1n) is 7.55. The molecular weight excluding hydrogens is 254 g/mol. The zero-order valence-corrected chi connectivity index (χ0v) is 12.1. The maximum absolute atomic E-state index is 12.1. The number of hydrogen-bond acceptors (Lipinski definition) is 4. The molecule has 0 aromatic rings. The molecule has 0 aromatic heterocycles. The Labute approximate surface area is 121 Å². The topological polar surface area (TPSA) is 44.8 Å². The molecule has 2 saturated heterocycles. The summed E-state index contributed by atoms with van der Waals surface area (Å²) in [4.78, 5) is 16.2. The van der Waals surface area contributed by atoms with Gasteiger partial charge in [0.2, 0.25) is 5.91 Å². The van der Waals surface area contributed by atoms with Crippen molar-refractivity contribution in [3.8, 4) is 12.3 Å². The number of nitrogens with zero attached hydrogens (tertiary/aromatic N) is 2. The zero-order chi connectivity index (χ0) is 14.2. The summed E-state index contributed by atoms with van der Waals surface area (Å²) in [6.07, 6.45) is 8.24. The molecular formula is C15H25N3O2. The Kier molecular flexibility index (Phi) is 6.31. The number of hydrogen-bond donors (Lipinski definition) is 1. The first-order chi connectivity index (χ1) is 9.79. The van der Waals surface area contributed by atoms with Gasteiger partial charge in [-0.2, -0.15) is 0 Å². The van der Waals surface area contributed by atoms with Gasteiger partial charge in [0.15, 0.2) is 0 Å². The number of carbonyl (C=O) groups excluding carboxylic acids is 1. The van der Waals surface area contributed by atoms with Crippen LogP contribution in [0.5, 0.6) is 0 Å². The standard InChI is InChI=1S/C15H25N3O2/c1-2-8-17-9-11-18(12-10-17)15(19)5-13-20-14-3-6-16-7-4-14/h1,14,16H,3-13H2. The molecule has 0 spiro atoms. The molecule has 112 valence electrons. The minimum absolute atomic E-state index is 0.208. The third-order valence-electron chi connectivity index (χ3n) is 4.00. The third kappa shape index (κ3) is 4.78. The average Bonchev–Trinajstić information content (AvgIpc) is 2.49. The monoisotopic (exact) mass is 279 g/mol. The number of terminal acetylenes is 1. The van der Waals surface area contributed by atoms with Crippen molar-refractivity contribution in [2.75, 3.05) is 52.4 Å². The van der Waals surface area contributed by atoms with Gasteiger partial charge >= 0.3 is 0 Å². The maximum Gasteiger partial charge on any atom is 0.224 e. The van der Waals surface area contributed by atoms with Crippen molar-refractivity contribution in [3.05, 3.63) is 0 Å². The Bertz CT molecular complexity index is 340. The van der Waals surface area contributed by atoms with E-state index in [0.717, 1.165) is 52.1 Å². The number of ether oxygens (including phenoxy) is 1. The molecule has 2 heterocycles. The number of nitrogens with one attached hydrogen (secondary N) is 1. The molecule has 5 heteroatoms. The molecule has 0 saturated carbocycles. The van der Waals surface area contributed by atoms with Crippen LogP contribution in [0.2, 0.25) is 0 Å². The number of piperazine rings is 1. The highest BCUT2D eigenvalue weighted by atomic mass is 16.5. The SMILES string of the molecule is C#CCN1CCN(C(=O)CCOC2CCNCC2)CC1. The summed E-state index contributed by atoms with van der Waals surface area (Å²) >= 11 is 0. The highest BCUT2D eigenvalue weighted by Gasteiger charge is 2.20. The summed E-state index contributed by atoms with van der Waals surface area (Å²) < 4.78 is 5.78. The van der Waals surface area contributed by atoms with E-state index in [-0.39, 0.29) is 5.91 Å². The lowest BCUT2D eigenvalue weighted by atomic mass is 10.1. The Balaban J connectivity index is 1.59. The van der Waals surface area contributed by atoms with Gasteiger partial charge in [0.05, 0.1) is 25.7 Å². The van der Waals surface area contributed by atoms with Crippen LogP contribution in [0.3, 0.4) is 0 Å². The maximum atomic E-state index is 12.1. The fourth-order valence-corrected chi connectivity index (χ4v) is 2.72. The lowest BCUT2D eigenvalue weighted by Gasteiger charge is -2.33. The van der Waals surface area contributed by atoms with Crippen LogP contribution in [0.4, 0.5) is 0 Å². The van der Waals surface area contributed by atoms with Gasteiger partial charge in [-0.15, -0.1) is 6.42 Å². The molecule has 0 unspecified atom stereocenters. The predicted octanol–water partition coefficient (Wildman–Crippen LogP) is -0.0775. The lowest BCUT2D eigenvalue weighted by molar-refractivity contribution is -0.134. The Morgan fingerprint density at radius 1 is 1.25 bits per heavy atom. The van der Waals surface area contributed by atoms with Gasteiger partial charge in [-0.1, -0.05) is 5.92 Å². The van der Waals surface area contributed by atoms with Gasteiger partial charge in [0, 0.05) is 26.2 Å². The predicted molar refractivity (Wildman–Crippen MR) is 78.3 cm³/mol. The normalized spacial score (nSPS) is 21.6. The molecule has 2 rings (SSSR count). The summed E-state index contributed by atoms with van der Waals surface area (Å²) in [6, 6.07) is 0. The van der Waals surface area contributed by atoms with Crippen LogP contribution in [0.15, 0.2) is 0 Å². The summed E-state index contributed by atoms with van der Waals surface area (Å²) in [7, 11) is 0. The van der Waals surface area contributed by atoms with Crippen LogP contribution in [0.1, 0.15) is 19.3 Å². The van der Waals surface area contributed by atoms with E-state index in [9.17, 15) is 4.79 Å². The largest absolute Gasteiger partial charge is 0.378 e. The number of piperidine rings is 1. The van der Waals surface area contributed by atoms with Crippen molar-refractivity contribution < 1.29 is 9.53 Å². The number of amides is 1. The minimum atomic E-state index is 0.208. The van der Waals surface area contributed by atoms with Crippen LogP contribution >= 0.6 is 0 Å². The minimum Gasteiger partial charge on any atom is -0.378 e.